The highest BCUT2D eigenvalue weighted by Gasteiger charge is 2.14. The van der Waals surface area contributed by atoms with Gasteiger partial charge < -0.3 is 15.0 Å². The Morgan fingerprint density at radius 3 is 2.55 bits per heavy atom. The van der Waals surface area contributed by atoms with E-state index in [1.807, 2.05) is 39.0 Å². The van der Waals surface area contributed by atoms with E-state index in [0.29, 0.717) is 5.95 Å². The lowest BCUT2D eigenvalue weighted by molar-refractivity contribution is 0.123. The van der Waals surface area contributed by atoms with Gasteiger partial charge in [0.2, 0.25) is 5.95 Å². The van der Waals surface area contributed by atoms with E-state index in [4.69, 9.17) is 4.74 Å². The summed E-state index contributed by atoms with van der Waals surface area (Å²) in [5.74, 6) is 0.630. The van der Waals surface area contributed by atoms with E-state index in [1.165, 1.54) is 5.69 Å². The van der Waals surface area contributed by atoms with Crippen LogP contribution in [0.5, 0.6) is 0 Å². The highest BCUT2D eigenvalue weighted by Crippen LogP contribution is 2.28. The summed E-state index contributed by atoms with van der Waals surface area (Å²) in [6.07, 6.45) is 1.77. The van der Waals surface area contributed by atoms with Gasteiger partial charge in [0.1, 0.15) is 0 Å². The van der Waals surface area contributed by atoms with Gasteiger partial charge in [-0.05, 0) is 25.1 Å². The maximum atomic E-state index is 5.41. The first-order valence-electron chi connectivity index (χ1n) is 7.81. The van der Waals surface area contributed by atoms with Crippen LogP contribution in [0.25, 0.3) is 0 Å². The Balaban J connectivity index is 0.000000847. The zero-order valence-corrected chi connectivity index (χ0v) is 13.5. The van der Waals surface area contributed by atoms with Crippen molar-refractivity contribution in [2.24, 2.45) is 0 Å². The minimum atomic E-state index is 0.630. The number of ether oxygens (including phenoxy) is 1. The van der Waals surface area contributed by atoms with Crippen LogP contribution in [0.4, 0.5) is 17.3 Å². The fraction of sp³-hybridized carbons (Fsp3) is 0.412. The van der Waals surface area contributed by atoms with Gasteiger partial charge in [0.25, 0.3) is 0 Å². The molecule has 0 saturated carbocycles. The molecule has 1 N–H and O–H groups in total. The van der Waals surface area contributed by atoms with Crippen molar-refractivity contribution >= 4 is 17.3 Å². The van der Waals surface area contributed by atoms with Crippen molar-refractivity contribution in [1.29, 1.82) is 0 Å². The molecule has 0 atom stereocenters. The van der Waals surface area contributed by atoms with Gasteiger partial charge >= 0.3 is 0 Å². The summed E-state index contributed by atoms with van der Waals surface area (Å²) < 4.78 is 5.41. The van der Waals surface area contributed by atoms with Crippen LogP contribution in [-0.4, -0.2) is 36.3 Å². The molecule has 1 aliphatic rings. The monoisotopic (exact) mass is 300 g/mol. The van der Waals surface area contributed by atoms with Gasteiger partial charge in [0, 0.05) is 25.0 Å². The molecule has 1 saturated heterocycles. The van der Waals surface area contributed by atoms with Crippen LogP contribution in [0.1, 0.15) is 19.5 Å². The predicted octanol–water partition coefficient (Wildman–Crippen LogP) is 3.39. The molecule has 118 valence electrons. The molecule has 0 radical (unpaired) electrons. The number of aryl methyl sites for hydroxylation is 1. The Morgan fingerprint density at radius 1 is 1.09 bits per heavy atom. The summed E-state index contributed by atoms with van der Waals surface area (Å²) in [5.41, 5.74) is 3.15. The average molecular weight is 300 g/mol. The average Bonchev–Trinajstić information content (AvgIpc) is 2.58. The second kappa shape index (κ2) is 8.34. The number of hydrogen-bond donors (Lipinski definition) is 1. The fourth-order valence-corrected chi connectivity index (χ4v) is 2.29. The number of anilines is 3. The molecule has 2 aromatic rings. The number of hydrogen-bond acceptors (Lipinski definition) is 5. The third-order valence-electron chi connectivity index (χ3n) is 3.30. The Labute approximate surface area is 132 Å². The fourth-order valence-electron chi connectivity index (χ4n) is 2.29. The first kappa shape index (κ1) is 16.2. The molecule has 5 heteroatoms. The topological polar surface area (TPSA) is 50.3 Å². The summed E-state index contributed by atoms with van der Waals surface area (Å²) in [6, 6.07) is 10.1. The van der Waals surface area contributed by atoms with Crippen molar-refractivity contribution in [1.82, 2.24) is 9.97 Å². The van der Waals surface area contributed by atoms with E-state index in [-0.39, 0.29) is 0 Å². The van der Waals surface area contributed by atoms with Crippen LogP contribution in [0.2, 0.25) is 0 Å². The molecule has 0 spiro atoms. The van der Waals surface area contributed by atoms with Crippen LogP contribution in [0, 0.1) is 6.92 Å². The summed E-state index contributed by atoms with van der Waals surface area (Å²) in [4.78, 5) is 11.0. The number of nitrogens with one attached hydrogen (secondary N) is 1. The minimum absolute atomic E-state index is 0.630. The van der Waals surface area contributed by atoms with Gasteiger partial charge in [-0.1, -0.05) is 26.0 Å². The molecule has 2 heterocycles. The Hall–Kier alpha value is -2.14. The highest BCUT2D eigenvalue weighted by atomic mass is 16.5. The van der Waals surface area contributed by atoms with Crippen LogP contribution in [0.15, 0.2) is 36.5 Å². The first-order chi connectivity index (χ1) is 10.8. The van der Waals surface area contributed by atoms with E-state index in [1.54, 1.807) is 6.20 Å². The van der Waals surface area contributed by atoms with Gasteiger partial charge in [0.15, 0.2) is 0 Å². The first-order valence-corrected chi connectivity index (χ1v) is 7.81. The number of rotatable bonds is 3. The molecule has 0 aliphatic carbocycles. The number of nitrogens with zero attached hydrogens (tertiary/aromatic N) is 3. The lowest BCUT2D eigenvalue weighted by atomic mass is 10.2. The van der Waals surface area contributed by atoms with Crippen molar-refractivity contribution in [3.05, 3.63) is 42.2 Å². The Morgan fingerprint density at radius 2 is 1.82 bits per heavy atom. The van der Waals surface area contributed by atoms with Gasteiger partial charge in [-0.25, -0.2) is 9.97 Å². The number of aromatic nitrogens is 2. The third-order valence-corrected chi connectivity index (χ3v) is 3.30. The van der Waals surface area contributed by atoms with Gasteiger partial charge in [-0.15, -0.1) is 0 Å². The number of benzene rings is 1. The molecule has 0 unspecified atom stereocenters. The van der Waals surface area contributed by atoms with Crippen LogP contribution in [-0.2, 0) is 4.74 Å². The minimum Gasteiger partial charge on any atom is -0.378 e. The SMILES string of the molecule is CC.Cc1ccnc(Nc2ccccc2N2CCOCC2)n1. The molecular weight excluding hydrogens is 276 g/mol. The lowest BCUT2D eigenvalue weighted by Crippen LogP contribution is -2.36. The standard InChI is InChI=1S/C15H18N4O.C2H6/c1-12-6-7-16-15(17-12)18-13-4-2-3-5-14(13)19-8-10-20-11-9-19;1-2/h2-7H,8-11H2,1H3,(H,16,17,18);1-2H3. The molecule has 1 fully saturated rings. The van der Waals surface area contributed by atoms with Crippen molar-refractivity contribution in [3.8, 4) is 0 Å². The van der Waals surface area contributed by atoms with Crippen LogP contribution < -0.4 is 10.2 Å². The molecule has 5 nitrogen and oxygen atoms in total. The van der Waals surface area contributed by atoms with Crippen LogP contribution >= 0.6 is 0 Å². The molecule has 1 aromatic heterocycles. The maximum absolute atomic E-state index is 5.41. The zero-order valence-electron chi connectivity index (χ0n) is 13.5. The molecule has 0 bridgehead atoms. The lowest BCUT2D eigenvalue weighted by Gasteiger charge is -2.30. The van der Waals surface area contributed by atoms with E-state index in [2.05, 4.69) is 32.3 Å². The van der Waals surface area contributed by atoms with Crippen molar-refractivity contribution < 1.29 is 4.74 Å². The zero-order chi connectivity index (χ0) is 15.8. The second-order valence-electron chi connectivity index (χ2n) is 4.76. The maximum Gasteiger partial charge on any atom is 0.227 e. The largest absolute Gasteiger partial charge is 0.378 e. The van der Waals surface area contributed by atoms with Crippen molar-refractivity contribution in [2.45, 2.75) is 20.8 Å². The van der Waals surface area contributed by atoms with E-state index in [0.717, 1.165) is 37.7 Å². The van der Waals surface area contributed by atoms with Crippen molar-refractivity contribution in [3.63, 3.8) is 0 Å². The summed E-state index contributed by atoms with van der Waals surface area (Å²) in [7, 11) is 0. The van der Waals surface area contributed by atoms with E-state index >= 15 is 0 Å². The normalized spacial score (nSPS) is 14.0. The summed E-state index contributed by atoms with van der Waals surface area (Å²) in [6.45, 7) is 9.33. The highest BCUT2D eigenvalue weighted by molar-refractivity contribution is 5.73. The number of para-hydroxylation sites is 2. The quantitative estimate of drug-likeness (QED) is 0.941. The van der Waals surface area contributed by atoms with Gasteiger partial charge in [-0.2, -0.15) is 0 Å². The molecular formula is C17H24N4O. The molecule has 22 heavy (non-hydrogen) atoms. The molecule has 1 aromatic carbocycles. The third kappa shape index (κ3) is 4.18. The Bertz CT molecular complexity index is 582. The molecule has 1 aliphatic heterocycles. The predicted molar refractivity (Wildman–Crippen MR) is 90.9 cm³/mol. The second-order valence-corrected chi connectivity index (χ2v) is 4.76. The molecule has 3 rings (SSSR count). The van der Waals surface area contributed by atoms with Crippen LogP contribution in [0.3, 0.4) is 0 Å². The van der Waals surface area contributed by atoms with E-state index < -0.39 is 0 Å². The van der Waals surface area contributed by atoms with Gasteiger partial charge in [0.05, 0.1) is 24.6 Å². The summed E-state index contributed by atoms with van der Waals surface area (Å²) in [5, 5.41) is 3.31. The summed E-state index contributed by atoms with van der Waals surface area (Å²) >= 11 is 0. The van der Waals surface area contributed by atoms with E-state index in [9.17, 15) is 0 Å². The van der Waals surface area contributed by atoms with Gasteiger partial charge in [-0.3, -0.25) is 0 Å². The van der Waals surface area contributed by atoms with Crippen molar-refractivity contribution in [2.75, 3.05) is 36.5 Å². The number of morpholine rings is 1. The Kier molecular flexibility index (Phi) is 6.15. The smallest absolute Gasteiger partial charge is 0.227 e. The molecule has 0 amide bonds.